The number of hydrogen-bond acceptors (Lipinski definition) is 4. The van der Waals surface area contributed by atoms with Crippen molar-refractivity contribution in [3.05, 3.63) is 21.9 Å². The van der Waals surface area contributed by atoms with Crippen molar-refractivity contribution in [1.29, 1.82) is 0 Å². The molecular formula is C12H20N2OS. The summed E-state index contributed by atoms with van der Waals surface area (Å²) in [5.74, 6) is 0. The van der Waals surface area contributed by atoms with Crippen LogP contribution in [0.15, 0.2) is 11.4 Å². The summed E-state index contributed by atoms with van der Waals surface area (Å²) in [6.07, 6.45) is 1.36. The molecule has 2 rings (SSSR count). The van der Waals surface area contributed by atoms with Crippen LogP contribution in [0.4, 0.5) is 0 Å². The van der Waals surface area contributed by atoms with E-state index in [1.807, 2.05) is 18.3 Å². The number of fused-ring (bicyclic) bond motifs is 1. The van der Waals surface area contributed by atoms with Crippen LogP contribution in [0.25, 0.3) is 0 Å². The molecule has 1 aliphatic heterocycles. The predicted octanol–water partition coefficient (Wildman–Crippen LogP) is 1.47. The van der Waals surface area contributed by atoms with Gasteiger partial charge in [0.25, 0.3) is 0 Å². The molecule has 1 atom stereocenters. The van der Waals surface area contributed by atoms with Crippen LogP contribution in [0.3, 0.4) is 0 Å². The molecule has 1 aromatic heterocycles. The molecule has 0 saturated carbocycles. The fourth-order valence-corrected chi connectivity index (χ4v) is 3.07. The van der Waals surface area contributed by atoms with E-state index in [1.165, 1.54) is 12.0 Å². The van der Waals surface area contributed by atoms with Gasteiger partial charge in [0.1, 0.15) is 0 Å². The van der Waals surface area contributed by atoms with E-state index >= 15 is 0 Å². The third-order valence-corrected chi connectivity index (χ3v) is 4.04. The van der Waals surface area contributed by atoms with Gasteiger partial charge in [0.05, 0.1) is 6.10 Å². The van der Waals surface area contributed by atoms with Crippen LogP contribution < -0.4 is 5.73 Å². The van der Waals surface area contributed by atoms with Gasteiger partial charge in [-0.3, -0.25) is 4.90 Å². The van der Waals surface area contributed by atoms with Crippen molar-refractivity contribution in [3.63, 3.8) is 0 Å². The van der Waals surface area contributed by atoms with Gasteiger partial charge in [0.2, 0.25) is 0 Å². The molecule has 0 bridgehead atoms. The van der Waals surface area contributed by atoms with Gasteiger partial charge < -0.3 is 10.5 Å². The van der Waals surface area contributed by atoms with Gasteiger partial charge in [-0.25, -0.2) is 0 Å². The molecule has 0 aliphatic carbocycles. The third kappa shape index (κ3) is 2.83. The lowest BCUT2D eigenvalue weighted by molar-refractivity contribution is 0.0360. The number of rotatable bonds is 5. The maximum atomic E-state index is 5.70. The summed E-state index contributed by atoms with van der Waals surface area (Å²) < 4.78 is 5.60. The summed E-state index contributed by atoms with van der Waals surface area (Å²) in [4.78, 5) is 4.00. The van der Waals surface area contributed by atoms with Crippen molar-refractivity contribution in [1.82, 2.24) is 4.90 Å². The Labute approximate surface area is 101 Å². The van der Waals surface area contributed by atoms with E-state index in [2.05, 4.69) is 16.3 Å². The summed E-state index contributed by atoms with van der Waals surface area (Å²) in [7, 11) is 0. The summed E-state index contributed by atoms with van der Waals surface area (Å²) in [6.45, 7) is 6.54. The second kappa shape index (κ2) is 5.77. The average molecular weight is 240 g/mol. The largest absolute Gasteiger partial charge is 0.376 e. The van der Waals surface area contributed by atoms with E-state index in [0.717, 1.165) is 26.2 Å². The molecule has 90 valence electrons. The zero-order chi connectivity index (χ0) is 11.4. The first-order chi connectivity index (χ1) is 7.83. The first-order valence-corrected chi connectivity index (χ1v) is 6.80. The minimum absolute atomic E-state index is 0.185. The number of nitrogens with zero attached hydrogens (tertiary/aromatic N) is 1. The maximum Gasteiger partial charge on any atom is 0.0823 e. The highest BCUT2D eigenvalue weighted by Crippen LogP contribution is 2.23. The Bertz CT molecular complexity index is 327. The summed E-state index contributed by atoms with van der Waals surface area (Å²) >= 11 is 1.88. The zero-order valence-electron chi connectivity index (χ0n) is 9.82. The Kier molecular flexibility index (Phi) is 4.35. The van der Waals surface area contributed by atoms with Gasteiger partial charge in [0, 0.05) is 37.7 Å². The Balaban J connectivity index is 1.88. The molecule has 0 spiro atoms. The van der Waals surface area contributed by atoms with Crippen LogP contribution in [0.2, 0.25) is 0 Å². The normalized spacial score (nSPS) is 18.4. The molecule has 0 amide bonds. The highest BCUT2D eigenvalue weighted by molar-refractivity contribution is 7.10. The van der Waals surface area contributed by atoms with E-state index in [0.29, 0.717) is 6.54 Å². The van der Waals surface area contributed by atoms with E-state index in [1.54, 1.807) is 4.88 Å². The summed E-state index contributed by atoms with van der Waals surface area (Å²) in [5, 5.41) is 2.19. The fourth-order valence-electron chi connectivity index (χ4n) is 2.18. The highest BCUT2D eigenvalue weighted by atomic mass is 32.1. The second-order valence-corrected chi connectivity index (χ2v) is 5.17. The van der Waals surface area contributed by atoms with E-state index < -0.39 is 0 Å². The Morgan fingerprint density at radius 1 is 1.62 bits per heavy atom. The zero-order valence-corrected chi connectivity index (χ0v) is 10.6. The molecule has 1 aromatic rings. The minimum atomic E-state index is 0.185. The smallest absolute Gasteiger partial charge is 0.0823 e. The van der Waals surface area contributed by atoms with Crippen molar-refractivity contribution in [2.24, 2.45) is 5.73 Å². The van der Waals surface area contributed by atoms with Gasteiger partial charge in [-0.15, -0.1) is 11.3 Å². The molecule has 4 heteroatoms. The molecule has 0 aromatic carbocycles. The van der Waals surface area contributed by atoms with Crippen molar-refractivity contribution >= 4 is 11.3 Å². The first kappa shape index (κ1) is 12.0. The van der Waals surface area contributed by atoms with Crippen molar-refractivity contribution in [3.8, 4) is 0 Å². The lowest BCUT2D eigenvalue weighted by atomic mass is 10.1. The van der Waals surface area contributed by atoms with Gasteiger partial charge in [0.15, 0.2) is 0 Å². The van der Waals surface area contributed by atoms with Crippen LogP contribution in [-0.4, -0.2) is 37.2 Å². The second-order valence-electron chi connectivity index (χ2n) is 4.17. The molecule has 16 heavy (non-hydrogen) atoms. The van der Waals surface area contributed by atoms with Crippen molar-refractivity contribution in [2.75, 3.05) is 26.2 Å². The first-order valence-electron chi connectivity index (χ1n) is 5.92. The summed E-state index contributed by atoms with van der Waals surface area (Å²) in [6, 6.07) is 2.24. The predicted molar refractivity (Wildman–Crippen MR) is 67.8 cm³/mol. The van der Waals surface area contributed by atoms with Crippen molar-refractivity contribution < 1.29 is 4.74 Å². The van der Waals surface area contributed by atoms with Crippen LogP contribution in [-0.2, 0) is 17.7 Å². The van der Waals surface area contributed by atoms with Crippen LogP contribution in [0.5, 0.6) is 0 Å². The number of hydrogen-bond donors (Lipinski definition) is 1. The molecular weight excluding hydrogens is 220 g/mol. The van der Waals surface area contributed by atoms with E-state index in [9.17, 15) is 0 Å². The molecule has 2 N–H and O–H groups in total. The van der Waals surface area contributed by atoms with E-state index in [4.69, 9.17) is 10.5 Å². The van der Waals surface area contributed by atoms with Crippen LogP contribution in [0.1, 0.15) is 17.4 Å². The number of ether oxygens (including phenoxy) is 1. The molecule has 0 fully saturated rings. The third-order valence-electron chi connectivity index (χ3n) is 3.01. The SMILES string of the molecule is CCOC(CN)CN1CCc2sccc2C1. The monoisotopic (exact) mass is 240 g/mol. The van der Waals surface area contributed by atoms with Gasteiger partial charge >= 0.3 is 0 Å². The Morgan fingerprint density at radius 3 is 3.25 bits per heavy atom. The van der Waals surface area contributed by atoms with E-state index in [-0.39, 0.29) is 6.10 Å². The molecule has 2 heterocycles. The van der Waals surface area contributed by atoms with Crippen LogP contribution >= 0.6 is 11.3 Å². The number of nitrogens with two attached hydrogens (primary N) is 1. The molecule has 0 radical (unpaired) electrons. The Morgan fingerprint density at radius 2 is 2.50 bits per heavy atom. The van der Waals surface area contributed by atoms with Crippen LogP contribution in [0, 0.1) is 0 Å². The van der Waals surface area contributed by atoms with Gasteiger partial charge in [-0.05, 0) is 30.4 Å². The standard InChI is InChI=1S/C12H20N2OS/c1-2-15-11(7-13)9-14-5-3-12-10(8-14)4-6-16-12/h4,6,11H,2-3,5,7-9,13H2,1H3. The topological polar surface area (TPSA) is 38.5 Å². The minimum Gasteiger partial charge on any atom is -0.376 e. The lowest BCUT2D eigenvalue weighted by Gasteiger charge is -2.29. The molecule has 0 saturated heterocycles. The van der Waals surface area contributed by atoms with Crippen molar-refractivity contribution in [2.45, 2.75) is 26.0 Å². The maximum absolute atomic E-state index is 5.70. The average Bonchev–Trinajstić information content (AvgIpc) is 2.75. The highest BCUT2D eigenvalue weighted by Gasteiger charge is 2.19. The number of thiophene rings is 1. The Hall–Kier alpha value is -0.420. The quantitative estimate of drug-likeness (QED) is 0.847. The van der Waals surface area contributed by atoms with Gasteiger partial charge in [-0.1, -0.05) is 0 Å². The van der Waals surface area contributed by atoms with Gasteiger partial charge in [-0.2, -0.15) is 0 Å². The molecule has 1 aliphatic rings. The molecule has 3 nitrogen and oxygen atoms in total. The lowest BCUT2D eigenvalue weighted by Crippen LogP contribution is -2.40. The fraction of sp³-hybridized carbons (Fsp3) is 0.667. The molecule has 1 unspecified atom stereocenters. The summed E-state index contributed by atoms with van der Waals surface area (Å²) in [5.41, 5.74) is 7.19.